The molecule has 0 aliphatic carbocycles. The van der Waals surface area contributed by atoms with Crippen LogP contribution in [-0.4, -0.2) is 17.7 Å². The van der Waals surface area contributed by atoms with Crippen molar-refractivity contribution in [2.24, 2.45) is 4.99 Å². The second-order valence-electron chi connectivity index (χ2n) is 8.15. The van der Waals surface area contributed by atoms with E-state index in [9.17, 15) is 4.79 Å². The molecule has 4 aromatic carbocycles. The molecule has 0 unspecified atom stereocenters. The molecule has 37 heavy (non-hydrogen) atoms. The van der Waals surface area contributed by atoms with E-state index in [0.29, 0.717) is 45.5 Å². The van der Waals surface area contributed by atoms with Gasteiger partial charge in [0.1, 0.15) is 6.61 Å². The van der Waals surface area contributed by atoms with E-state index in [0.717, 1.165) is 14.7 Å². The number of benzene rings is 4. The Kier molecular flexibility index (Phi) is 8.02. The Labute approximate surface area is 238 Å². The van der Waals surface area contributed by atoms with Gasteiger partial charge >= 0.3 is 0 Å². The van der Waals surface area contributed by atoms with Gasteiger partial charge in [0.2, 0.25) is 0 Å². The Morgan fingerprint density at radius 1 is 1.03 bits per heavy atom. The molecule has 1 heterocycles. The minimum Gasteiger partial charge on any atom is -0.490 e. The summed E-state index contributed by atoms with van der Waals surface area (Å²) in [4.78, 5) is 17.6. The predicted octanol–water partition coefficient (Wildman–Crippen LogP) is 7.97. The number of halogens is 2. The Morgan fingerprint density at radius 3 is 2.68 bits per heavy atom. The lowest BCUT2D eigenvalue weighted by molar-refractivity contribution is -0.115. The van der Waals surface area contributed by atoms with Crippen molar-refractivity contribution in [2.75, 3.05) is 6.61 Å². The summed E-state index contributed by atoms with van der Waals surface area (Å²) in [5, 5.41) is 6.26. The van der Waals surface area contributed by atoms with E-state index >= 15 is 0 Å². The number of ether oxygens (including phenoxy) is 2. The van der Waals surface area contributed by atoms with Crippen LogP contribution in [0.1, 0.15) is 18.1 Å². The molecule has 5 rings (SSSR count). The second kappa shape index (κ2) is 11.6. The maximum absolute atomic E-state index is 12.6. The Hall–Kier alpha value is -3.01. The van der Waals surface area contributed by atoms with Gasteiger partial charge in [-0.25, -0.2) is 4.99 Å². The minimum absolute atomic E-state index is 0.199. The largest absolute Gasteiger partial charge is 0.490 e. The molecule has 1 saturated heterocycles. The summed E-state index contributed by atoms with van der Waals surface area (Å²) < 4.78 is 13.1. The highest BCUT2D eigenvalue weighted by Crippen LogP contribution is 2.37. The first-order chi connectivity index (χ1) is 18.0. The number of nitrogens with one attached hydrogen (secondary N) is 1. The third kappa shape index (κ3) is 6.11. The molecule has 0 atom stereocenters. The number of carbonyl (C=O) groups is 1. The zero-order chi connectivity index (χ0) is 25.8. The van der Waals surface area contributed by atoms with Crippen LogP contribution in [0, 0.1) is 3.57 Å². The van der Waals surface area contributed by atoms with E-state index in [2.05, 4.69) is 57.2 Å². The summed E-state index contributed by atoms with van der Waals surface area (Å²) in [6.45, 7) is 2.84. The summed E-state index contributed by atoms with van der Waals surface area (Å²) >= 11 is 9.58. The molecule has 5 nitrogen and oxygen atoms in total. The van der Waals surface area contributed by atoms with Gasteiger partial charge in [0.25, 0.3) is 5.91 Å². The van der Waals surface area contributed by atoms with Gasteiger partial charge in [-0.05, 0) is 99.6 Å². The van der Waals surface area contributed by atoms with Gasteiger partial charge in [-0.3, -0.25) is 4.79 Å². The summed E-state index contributed by atoms with van der Waals surface area (Å²) in [6.07, 6.45) is 1.83. The van der Waals surface area contributed by atoms with Crippen LogP contribution in [0.25, 0.3) is 16.8 Å². The molecule has 8 heteroatoms. The van der Waals surface area contributed by atoms with Crippen LogP contribution in [0.15, 0.2) is 88.8 Å². The topological polar surface area (TPSA) is 59.9 Å². The molecular weight excluding hydrogens is 619 g/mol. The monoisotopic (exact) mass is 640 g/mol. The first-order valence-corrected chi connectivity index (χ1v) is 13.9. The fraction of sp³-hybridized carbons (Fsp3) is 0.103. The van der Waals surface area contributed by atoms with E-state index < -0.39 is 0 Å². The van der Waals surface area contributed by atoms with E-state index in [-0.39, 0.29) is 5.91 Å². The highest BCUT2D eigenvalue weighted by Gasteiger charge is 2.24. The number of hydrogen-bond donors (Lipinski definition) is 1. The van der Waals surface area contributed by atoms with E-state index in [1.165, 1.54) is 22.5 Å². The smallest absolute Gasteiger partial charge is 0.264 e. The summed E-state index contributed by atoms with van der Waals surface area (Å²) in [7, 11) is 0. The van der Waals surface area contributed by atoms with E-state index in [4.69, 9.17) is 21.1 Å². The first-order valence-electron chi connectivity index (χ1n) is 11.6. The average molecular weight is 641 g/mol. The fourth-order valence-electron chi connectivity index (χ4n) is 3.94. The van der Waals surface area contributed by atoms with Gasteiger partial charge in [-0.15, -0.1) is 0 Å². The third-order valence-corrected chi connectivity index (χ3v) is 7.52. The molecule has 1 aliphatic rings. The molecular formula is C29H22ClIN2O3S. The van der Waals surface area contributed by atoms with Crippen LogP contribution in [0.5, 0.6) is 11.5 Å². The molecule has 1 N–H and O–H groups in total. The van der Waals surface area contributed by atoms with Crippen LogP contribution in [0.2, 0.25) is 5.02 Å². The van der Waals surface area contributed by atoms with Gasteiger partial charge in [-0.2, -0.15) is 0 Å². The third-order valence-electron chi connectivity index (χ3n) is 5.57. The SMILES string of the molecule is CCOc1cc(/C=C2/SC(=Nc3cccc(Cl)c3)NC2=O)cc(I)c1OCc1cccc2ccccc12. The van der Waals surface area contributed by atoms with Gasteiger partial charge < -0.3 is 14.8 Å². The van der Waals surface area contributed by atoms with Crippen LogP contribution >= 0.6 is 46.0 Å². The average Bonchev–Trinajstić information content (AvgIpc) is 3.21. The number of amides is 1. The number of hydrogen-bond acceptors (Lipinski definition) is 5. The molecule has 1 amide bonds. The Morgan fingerprint density at radius 2 is 1.84 bits per heavy atom. The maximum atomic E-state index is 12.6. The molecule has 0 saturated carbocycles. The summed E-state index contributed by atoms with van der Waals surface area (Å²) in [6, 6.07) is 25.5. The van der Waals surface area contributed by atoms with E-state index in [1.54, 1.807) is 12.1 Å². The Bertz CT molecular complexity index is 1550. The number of rotatable bonds is 7. The number of amidine groups is 1. The maximum Gasteiger partial charge on any atom is 0.264 e. The summed E-state index contributed by atoms with van der Waals surface area (Å²) in [5.74, 6) is 1.12. The highest BCUT2D eigenvalue weighted by atomic mass is 127. The standard InChI is InChI=1S/C29H22ClIN2O3S/c1-2-35-25-14-18(15-26-28(34)33-29(37-26)32-22-11-6-10-21(30)16-22)13-24(31)27(25)36-17-20-9-5-8-19-7-3-4-12-23(19)20/h3-16H,2,17H2,1H3,(H,32,33,34)/b26-15+. The Balaban J connectivity index is 1.39. The van der Waals surface area contributed by atoms with Crippen molar-refractivity contribution < 1.29 is 14.3 Å². The molecule has 1 aliphatic heterocycles. The van der Waals surface area contributed by atoms with E-state index in [1.807, 2.05) is 55.5 Å². The van der Waals surface area contributed by atoms with Crippen molar-refractivity contribution in [1.82, 2.24) is 5.32 Å². The molecule has 1 fully saturated rings. The highest BCUT2D eigenvalue weighted by molar-refractivity contribution is 14.1. The number of fused-ring (bicyclic) bond motifs is 1. The van der Waals surface area contributed by atoms with Crippen LogP contribution < -0.4 is 14.8 Å². The predicted molar refractivity (Wildman–Crippen MR) is 161 cm³/mol. The molecule has 186 valence electrons. The number of thioether (sulfide) groups is 1. The van der Waals surface area contributed by atoms with Crippen molar-refractivity contribution in [3.63, 3.8) is 0 Å². The lowest BCUT2D eigenvalue weighted by Gasteiger charge is -2.16. The number of aliphatic imine (C=N–C) groups is 1. The quantitative estimate of drug-likeness (QED) is 0.164. The van der Waals surface area contributed by atoms with Gasteiger partial charge in [0, 0.05) is 5.02 Å². The van der Waals surface area contributed by atoms with Crippen molar-refractivity contribution in [3.8, 4) is 11.5 Å². The normalized spacial score (nSPS) is 15.4. The van der Waals surface area contributed by atoms with Crippen LogP contribution in [0.3, 0.4) is 0 Å². The number of carbonyl (C=O) groups excluding carboxylic acids is 1. The zero-order valence-electron chi connectivity index (χ0n) is 19.8. The van der Waals surface area contributed by atoms with Crippen LogP contribution in [-0.2, 0) is 11.4 Å². The first kappa shape index (κ1) is 25.6. The van der Waals surface area contributed by atoms with Gasteiger partial charge in [-0.1, -0.05) is 60.1 Å². The number of nitrogens with zero attached hydrogens (tertiary/aromatic N) is 1. The summed E-state index contributed by atoms with van der Waals surface area (Å²) in [5.41, 5.74) is 2.62. The zero-order valence-corrected chi connectivity index (χ0v) is 23.6. The van der Waals surface area contributed by atoms with Crippen molar-refractivity contribution in [3.05, 3.63) is 103 Å². The van der Waals surface area contributed by atoms with Crippen molar-refractivity contribution >= 4 is 79.6 Å². The van der Waals surface area contributed by atoms with Crippen LogP contribution in [0.4, 0.5) is 5.69 Å². The lowest BCUT2D eigenvalue weighted by atomic mass is 10.1. The second-order valence-corrected chi connectivity index (χ2v) is 10.8. The molecule has 0 radical (unpaired) electrons. The van der Waals surface area contributed by atoms with Crippen molar-refractivity contribution in [1.29, 1.82) is 0 Å². The fourth-order valence-corrected chi connectivity index (χ4v) is 5.74. The van der Waals surface area contributed by atoms with Crippen molar-refractivity contribution in [2.45, 2.75) is 13.5 Å². The van der Waals surface area contributed by atoms with Gasteiger partial charge in [0.05, 0.1) is 20.8 Å². The molecule has 0 spiro atoms. The lowest BCUT2D eigenvalue weighted by Crippen LogP contribution is -2.19. The molecule has 0 bridgehead atoms. The molecule has 0 aromatic heterocycles. The molecule has 4 aromatic rings. The van der Waals surface area contributed by atoms with Gasteiger partial charge in [0.15, 0.2) is 16.7 Å². The minimum atomic E-state index is -0.199.